The van der Waals surface area contributed by atoms with Crippen molar-refractivity contribution in [2.75, 3.05) is 52.4 Å². The fourth-order valence-corrected chi connectivity index (χ4v) is 2.52. The smallest absolute Gasteiger partial charge is 0.303 e. The van der Waals surface area contributed by atoms with Crippen LogP contribution in [0.4, 0.5) is 0 Å². The van der Waals surface area contributed by atoms with Gasteiger partial charge in [-0.25, -0.2) is 0 Å². The third-order valence-electron chi connectivity index (χ3n) is 4.09. The minimum absolute atomic E-state index is 0.343. The molecule has 0 heterocycles. The molecule has 7 heteroatoms. The summed E-state index contributed by atoms with van der Waals surface area (Å²) < 4.78 is 0. The number of rotatable bonds is 20. The zero-order valence-electron chi connectivity index (χ0n) is 17.7. The van der Waals surface area contributed by atoms with Crippen LogP contribution in [0.25, 0.3) is 0 Å². The van der Waals surface area contributed by atoms with Crippen molar-refractivity contribution in [1.82, 2.24) is 16.0 Å². The van der Waals surface area contributed by atoms with Gasteiger partial charge in [-0.1, -0.05) is 58.3 Å². The van der Waals surface area contributed by atoms with E-state index in [0.717, 1.165) is 52.1 Å². The van der Waals surface area contributed by atoms with Gasteiger partial charge in [0.15, 0.2) is 0 Å². The van der Waals surface area contributed by atoms with Crippen LogP contribution in [-0.2, 0) is 4.79 Å². The van der Waals surface area contributed by atoms with Gasteiger partial charge in [-0.05, 0) is 6.42 Å². The Morgan fingerprint density at radius 1 is 0.667 bits per heavy atom. The zero-order chi connectivity index (χ0) is 20.4. The second-order valence-electron chi connectivity index (χ2n) is 6.80. The minimum atomic E-state index is -0.659. The Bertz CT molecular complexity index is 271. The van der Waals surface area contributed by atoms with Crippen LogP contribution >= 0.6 is 0 Å². The first-order chi connectivity index (χ1) is 13.2. The van der Waals surface area contributed by atoms with Gasteiger partial charge in [0.2, 0.25) is 0 Å². The normalized spacial score (nSPS) is 10.5. The number of hydrogen-bond acceptors (Lipinski definition) is 6. The van der Waals surface area contributed by atoms with Crippen LogP contribution in [0.15, 0.2) is 0 Å². The monoisotopic (exact) mass is 389 g/mol. The van der Waals surface area contributed by atoms with Gasteiger partial charge >= 0.3 is 5.97 Å². The predicted octanol–water partition coefficient (Wildman–Crippen LogP) is 1.66. The van der Waals surface area contributed by atoms with Crippen molar-refractivity contribution in [1.29, 1.82) is 0 Å². The average molecular weight is 390 g/mol. The number of carbonyl (C=O) groups is 1. The van der Waals surface area contributed by atoms with Crippen molar-refractivity contribution in [3.05, 3.63) is 0 Å². The van der Waals surface area contributed by atoms with Crippen LogP contribution in [-0.4, -0.2) is 63.4 Å². The average Bonchev–Trinajstić information content (AvgIpc) is 2.66. The highest BCUT2D eigenvalue weighted by atomic mass is 16.4. The van der Waals surface area contributed by atoms with Crippen molar-refractivity contribution >= 4 is 5.97 Å². The van der Waals surface area contributed by atoms with Gasteiger partial charge in [-0.2, -0.15) is 0 Å². The van der Waals surface area contributed by atoms with E-state index in [4.69, 9.17) is 16.6 Å². The molecule has 0 bridgehead atoms. The lowest BCUT2D eigenvalue weighted by atomic mass is 10.1. The van der Waals surface area contributed by atoms with Gasteiger partial charge in [-0.15, -0.1) is 0 Å². The van der Waals surface area contributed by atoms with Crippen LogP contribution in [0.3, 0.4) is 0 Å². The molecule has 0 aliphatic carbocycles. The topological polar surface area (TPSA) is 125 Å². The second kappa shape index (κ2) is 27.5. The molecule has 8 N–H and O–H groups in total. The van der Waals surface area contributed by atoms with Crippen LogP contribution in [0.1, 0.15) is 71.1 Å². The molecule has 0 fully saturated rings. The van der Waals surface area contributed by atoms with Gasteiger partial charge in [0.05, 0.1) is 0 Å². The third kappa shape index (κ3) is 33.3. The van der Waals surface area contributed by atoms with Gasteiger partial charge in [0, 0.05) is 58.8 Å². The summed E-state index contributed by atoms with van der Waals surface area (Å²) in [4.78, 5) is 10.2. The predicted molar refractivity (Wildman–Crippen MR) is 116 cm³/mol. The number of nitrogens with two attached hydrogens (primary N) is 2. The molecule has 0 aliphatic heterocycles. The molecule has 27 heavy (non-hydrogen) atoms. The number of carboxylic acids is 1. The standard InChI is InChI=1S/C12H24O2.C8H23N5/c1-2-3-4-5-6-7-8-9-10-11-12(13)14;9-1-3-11-5-7-13-8-6-12-4-2-10/h2-11H2,1H3,(H,13,14);11-13H,1-10H2. The summed E-state index contributed by atoms with van der Waals surface area (Å²) in [5.41, 5.74) is 10.6. The van der Waals surface area contributed by atoms with Gasteiger partial charge in [-0.3, -0.25) is 4.79 Å². The molecular weight excluding hydrogens is 342 g/mol. The molecule has 0 rings (SSSR count). The van der Waals surface area contributed by atoms with Gasteiger partial charge < -0.3 is 32.5 Å². The molecule has 0 atom stereocenters. The van der Waals surface area contributed by atoms with Crippen molar-refractivity contribution in [3.63, 3.8) is 0 Å². The molecule has 0 aromatic carbocycles. The fourth-order valence-electron chi connectivity index (χ4n) is 2.52. The summed E-state index contributed by atoms with van der Waals surface area (Å²) in [6.07, 6.45) is 11.5. The van der Waals surface area contributed by atoms with Crippen molar-refractivity contribution in [2.45, 2.75) is 71.1 Å². The Hall–Kier alpha value is -0.730. The summed E-state index contributed by atoms with van der Waals surface area (Å²) in [5, 5.41) is 18.1. The Kier molecular flexibility index (Phi) is 29.0. The van der Waals surface area contributed by atoms with Crippen LogP contribution in [0.5, 0.6) is 0 Å². The maximum Gasteiger partial charge on any atom is 0.303 e. The molecule has 0 aromatic rings. The fraction of sp³-hybridized carbons (Fsp3) is 0.950. The van der Waals surface area contributed by atoms with E-state index in [1.165, 1.54) is 44.9 Å². The number of hydrogen-bond donors (Lipinski definition) is 6. The van der Waals surface area contributed by atoms with Gasteiger partial charge in [0.1, 0.15) is 0 Å². The third-order valence-corrected chi connectivity index (χ3v) is 4.09. The summed E-state index contributed by atoms with van der Waals surface area (Å²) >= 11 is 0. The molecule has 0 aliphatic rings. The largest absolute Gasteiger partial charge is 0.481 e. The molecule has 7 nitrogen and oxygen atoms in total. The van der Waals surface area contributed by atoms with Crippen molar-refractivity contribution in [3.8, 4) is 0 Å². The summed E-state index contributed by atoms with van der Waals surface area (Å²) in [6.45, 7) is 9.37. The van der Waals surface area contributed by atoms with E-state index >= 15 is 0 Å². The maximum atomic E-state index is 10.2. The highest BCUT2D eigenvalue weighted by Gasteiger charge is 1.96. The lowest BCUT2D eigenvalue weighted by Crippen LogP contribution is -2.35. The van der Waals surface area contributed by atoms with Crippen LogP contribution in [0.2, 0.25) is 0 Å². The summed E-state index contributed by atoms with van der Waals surface area (Å²) in [6, 6.07) is 0. The van der Waals surface area contributed by atoms with E-state index in [1.807, 2.05) is 0 Å². The van der Waals surface area contributed by atoms with E-state index < -0.39 is 5.97 Å². The lowest BCUT2D eigenvalue weighted by molar-refractivity contribution is -0.137. The zero-order valence-corrected chi connectivity index (χ0v) is 17.7. The van der Waals surface area contributed by atoms with Crippen LogP contribution in [0, 0.1) is 0 Å². The van der Waals surface area contributed by atoms with E-state index in [2.05, 4.69) is 22.9 Å². The first kappa shape index (κ1) is 28.5. The number of nitrogens with one attached hydrogen (secondary N) is 3. The SMILES string of the molecule is CCCCCCCCCCCC(=O)O.NCCNCCNCCNCCN. The molecule has 0 saturated heterocycles. The minimum Gasteiger partial charge on any atom is -0.481 e. The van der Waals surface area contributed by atoms with Crippen molar-refractivity contribution in [2.24, 2.45) is 11.5 Å². The maximum absolute atomic E-state index is 10.2. The summed E-state index contributed by atoms with van der Waals surface area (Å²) in [5.74, 6) is -0.659. The molecule has 0 saturated carbocycles. The first-order valence-corrected chi connectivity index (χ1v) is 10.9. The quantitative estimate of drug-likeness (QED) is 0.175. The van der Waals surface area contributed by atoms with Crippen LogP contribution < -0.4 is 27.4 Å². The Morgan fingerprint density at radius 2 is 1.04 bits per heavy atom. The molecule has 0 unspecified atom stereocenters. The number of aliphatic carboxylic acids is 1. The molecule has 0 radical (unpaired) electrons. The first-order valence-electron chi connectivity index (χ1n) is 10.9. The van der Waals surface area contributed by atoms with E-state index in [9.17, 15) is 4.79 Å². The van der Waals surface area contributed by atoms with E-state index in [1.54, 1.807) is 0 Å². The Labute approximate surface area is 167 Å². The van der Waals surface area contributed by atoms with Gasteiger partial charge in [0.25, 0.3) is 0 Å². The summed E-state index contributed by atoms with van der Waals surface area (Å²) in [7, 11) is 0. The number of unbranched alkanes of at least 4 members (excludes halogenated alkanes) is 8. The highest BCUT2D eigenvalue weighted by Crippen LogP contribution is 2.10. The molecule has 0 aromatic heterocycles. The molecular formula is C20H47N5O2. The van der Waals surface area contributed by atoms with E-state index in [-0.39, 0.29) is 0 Å². The molecule has 164 valence electrons. The van der Waals surface area contributed by atoms with E-state index in [0.29, 0.717) is 19.5 Å². The highest BCUT2D eigenvalue weighted by molar-refractivity contribution is 5.66. The second-order valence-corrected chi connectivity index (χ2v) is 6.80. The Balaban J connectivity index is 0. The number of carboxylic acid groups (broad SMARTS) is 1. The lowest BCUT2D eigenvalue weighted by Gasteiger charge is -2.06. The molecule has 0 spiro atoms. The molecule has 0 amide bonds. The van der Waals surface area contributed by atoms with Crippen molar-refractivity contribution < 1.29 is 9.90 Å². The Morgan fingerprint density at radius 3 is 1.41 bits per heavy atom.